The van der Waals surface area contributed by atoms with Gasteiger partial charge in [0.1, 0.15) is 0 Å². The molecular weight excluding hydrogens is 736 g/mol. The van der Waals surface area contributed by atoms with E-state index in [1.54, 1.807) is 12.1 Å². The van der Waals surface area contributed by atoms with Gasteiger partial charge in [-0.1, -0.05) is 38.1 Å². The van der Waals surface area contributed by atoms with Crippen molar-refractivity contribution in [1.82, 2.24) is 19.9 Å². The van der Waals surface area contributed by atoms with Gasteiger partial charge in [-0.25, -0.2) is 19.6 Å². The Balaban J connectivity index is 1.61. The largest absolute Gasteiger partial charge is 0.478 e. The summed E-state index contributed by atoms with van der Waals surface area (Å²) in [6.07, 6.45) is 8.93. The number of aromatic nitrogens is 4. The number of carbonyl (C=O) groups is 2. The lowest BCUT2D eigenvalue weighted by Crippen LogP contribution is -2.02. The Bertz CT molecular complexity index is 2250. The number of H-pyrrole nitrogens is 2. The highest BCUT2D eigenvalue weighted by Crippen LogP contribution is 2.38. The fourth-order valence-corrected chi connectivity index (χ4v) is 7.02. The molecule has 0 radical (unpaired) electrons. The zero-order valence-corrected chi connectivity index (χ0v) is 29.0. The number of hydrogen-bond acceptors (Lipinski definition) is 4. The number of hydrogen-bond donors (Lipinski definition) is 4. The SMILES string of the molecule is CCc1ccc(-c2c3nc(c(Br)c4ccc([nH]4)c(-c4ccc(CC)cc4C(=O)O)c4nc(c(Br)c5ccc2[nH]5)C=C4)C=C3)c(C(=O)O)c1. The average Bonchev–Trinajstić information content (AvgIpc) is 3.92. The van der Waals surface area contributed by atoms with Gasteiger partial charge in [0.25, 0.3) is 0 Å². The zero-order valence-electron chi connectivity index (χ0n) is 25.9. The van der Waals surface area contributed by atoms with Gasteiger partial charge in [-0.3, -0.25) is 0 Å². The van der Waals surface area contributed by atoms with Crippen LogP contribution in [0.4, 0.5) is 0 Å². The molecule has 0 saturated carbocycles. The lowest BCUT2D eigenvalue weighted by atomic mass is 9.95. The van der Waals surface area contributed by atoms with Crippen LogP contribution in [0.3, 0.4) is 0 Å². The third kappa shape index (κ3) is 5.50. The van der Waals surface area contributed by atoms with Crippen LogP contribution in [0, 0.1) is 0 Å². The highest BCUT2D eigenvalue weighted by atomic mass is 79.9. The third-order valence-corrected chi connectivity index (χ3v) is 10.3. The molecule has 2 aliphatic heterocycles. The summed E-state index contributed by atoms with van der Waals surface area (Å²) in [5.74, 6) is -2.04. The van der Waals surface area contributed by atoms with Crippen LogP contribution in [-0.4, -0.2) is 42.1 Å². The van der Waals surface area contributed by atoms with Crippen LogP contribution >= 0.6 is 31.9 Å². The number of fused-ring (bicyclic) bond motifs is 8. The molecule has 5 aromatic rings. The molecule has 10 heteroatoms. The first kappa shape index (κ1) is 31.5. The van der Waals surface area contributed by atoms with E-state index in [4.69, 9.17) is 9.97 Å². The van der Waals surface area contributed by atoms with E-state index in [-0.39, 0.29) is 11.1 Å². The van der Waals surface area contributed by atoms with E-state index in [9.17, 15) is 19.8 Å². The summed E-state index contributed by atoms with van der Waals surface area (Å²) in [6, 6.07) is 18.7. The Morgan fingerprint density at radius 3 is 1.33 bits per heavy atom. The number of aromatic amines is 2. The molecule has 0 amide bonds. The first-order chi connectivity index (χ1) is 23.2. The van der Waals surface area contributed by atoms with Gasteiger partial charge < -0.3 is 20.2 Å². The molecule has 0 atom stereocenters. The van der Waals surface area contributed by atoms with Gasteiger partial charge in [-0.15, -0.1) is 0 Å². The Hall–Kier alpha value is -5.06. The first-order valence-corrected chi connectivity index (χ1v) is 17.0. The number of carboxylic acids is 2. The number of aromatic carboxylic acids is 2. The molecule has 0 aliphatic carbocycles. The molecule has 8 bridgehead atoms. The summed E-state index contributed by atoms with van der Waals surface area (Å²) in [6.45, 7) is 3.98. The van der Waals surface area contributed by atoms with E-state index < -0.39 is 11.9 Å². The second-order valence-corrected chi connectivity index (χ2v) is 13.0. The van der Waals surface area contributed by atoms with E-state index in [0.717, 1.165) is 22.2 Å². The van der Waals surface area contributed by atoms with Gasteiger partial charge in [0.2, 0.25) is 0 Å². The fourth-order valence-electron chi connectivity index (χ4n) is 6.12. The second-order valence-electron chi connectivity index (χ2n) is 11.5. The zero-order chi connectivity index (χ0) is 33.7. The van der Waals surface area contributed by atoms with E-state index >= 15 is 0 Å². The van der Waals surface area contributed by atoms with E-state index in [1.165, 1.54) is 0 Å². The highest BCUT2D eigenvalue weighted by Gasteiger charge is 2.21. The van der Waals surface area contributed by atoms with Gasteiger partial charge in [-0.2, -0.15) is 0 Å². The predicted octanol–water partition coefficient (Wildman–Crippen LogP) is 10.0. The number of aryl methyl sites for hydroxylation is 2. The number of nitrogens with one attached hydrogen (secondary N) is 2. The maximum absolute atomic E-state index is 12.5. The van der Waals surface area contributed by atoms with Crippen molar-refractivity contribution >= 4 is 90.2 Å². The van der Waals surface area contributed by atoms with Crippen LogP contribution in [0.25, 0.3) is 68.6 Å². The molecule has 0 unspecified atom stereocenters. The first-order valence-electron chi connectivity index (χ1n) is 15.4. The molecule has 48 heavy (non-hydrogen) atoms. The Labute approximate surface area is 292 Å². The van der Waals surface area contributed by atoms with Crippen LogP contribution in [0.5, 0.6) is 0 Å². The molecular formula is C38H28Br2N4O4. The molecule has 2 aromatic carbocycles. The number of nitrogens with zero attached hydrogens (tertiary/aromatic N) is 2. The molecule has 0 saturated heterocycles. The molecule has 0 spiro atoms. The highest BCUT2D eigenvalue weighted by molar-refractivity contribution is 9.11. The van der Waals surface area contributed by atoms with Gasteiger partial charge in [-0.05, 0) is 117 Å². The maximum Gasteiger partial charge on any atom is 0.336 e. The molecule has 4 N–H and O–H groups in total. The number of benzene rings is 2. The monoisotopic (exact) mass is 762 g/mol. The average molecular weight is 764 g/mol. The molecule has 8 nitrogen and oxygen atoms in total. The minimum absolute atomic E-state index is 0.192. The Kier molecular flexibility index (Phi) is 8.22. The van der Waals surface area contributed by atoms with E-state index in [0.29, 0.717) is 77.9 Å². The van der Waals surface area contributed by atoms with Gasteiger partial charge in [0, 0.05) is 33.3 Å². The smallest absolute Gasteiger partial charge is 0.336 e. The molecule has 7 rings (SSSR count). The molecule has 0 fully saturated rings. The number of halogens is 2. The van der Waals surface area contributed by atoms with Crippen molar-refractivity contribution in [3.63, 3.8) is 0 Å². The summed E-state index contributed by atoms with van der Waals surface area (Å²) in [7, 11) is 0. The molecule has 5 heterocycles. The summed E-state index contributed by atoms with van der Waals surface area (Å²) in [4.78, 5) is 42.0. The van der Waals surface area contributed by atoms with Crippen molar-refractivity contribution in [2.45, 2.75) is 26.7 Å². The van der Waals surface area contributed by atoms with Crippen LogP contribution < -0.4 is 0 Å². The number of carboxylic acid groups (broad SMARTS) is 2. The Morgan fingerprint density at radius 1 is 0.583 bits per heavy atom. The maximum atomic E-state index is 12.5. The summed E-state index contributed by atoms with van der Waals surface area (Å²) < 4.78 is 1.37. The molecule has 2 aliphatic rings. The summed E-state index contributed by atoms with van der Waals surface area (Å²) in [5, 5.41) is 20.5. The standard InChI is InChI=1S/C38H28Br2N4O4/c1-3-19-5-7-21(23(17-19)37(45)46)33-25-9-13-29(41-25)35(39)31-15-11-27(43-31)34(22-8-6-20(4-2)18-24(22)38(47)48)28-12-16-32(44-28)36(40)30-14-10-26(33)42-30/h5-18,41,44H,3-4H2,1-2H3,(H,45,46)(H,47,48). The topological polar surface area (TPSA) is 132 Å². The quantitative estimate of drug-likeness (QED) is 0.133. The molecule has 238 valence electrons. The minimum atomic E-state index is -1.02. The van der Waals surface area contributed by atoms with Crippen LogP contribution in [-0.2, 0) is 12.8 Å². The number of rotatable bonds is 6. The van der Waals surface area contributed by atoms with Crippen molar-refractivity contribution < 1.29 is 19.8 Å². The van der Waals surface area contributed by atoms with Crippen molar-refractivity contribution in [3.8, 4) is 22.3 Å². The lowest BCUT2D eigenvalue weighted by molar-refractivity contribution is 0.0686. The van der Waals surface area contributed by atoms with Crippen LogP contribution in [0.2, 0.25) is 0 Å². The summed E-state index contributed by atoms with van der Waals surface area (Å²) >= 11 is 7.51. The van der Waals surface area contributed by atoms with Gasteiger partial charge >= 0.3 is 11.9 Å². The van der Waals surface area contributed by atoms with Crippen molar-refractivity contribution in [3.05, 3.63) is 115 Å². The van der Waals surface area contributed by atoms with Crippen molar-refractivity contribution in [2.24, 2.45) is 0 Å². The lowest BCUT2D eigenvalue weighted by Gasteiger charge is -2.10. The summed E-state index contributed by atoms with van der Waals surface area (Å²) in [5.41, 5.74) is 9.91. The van der Waals surface area contributed by atoms with Gasteiger partial charge in [0.15, 0.2) is 0 Å². The van der Waals surface area contributed by atoms with Crippen LogP contribution in [0.15, 0.2) is 69.6 Å². The predicted molar refractivity (Wildman–Crippen MR) is 198 cm³/mol. The fraction of sp³-hybridized carbons (Fsp3) is 0.105. The second kappa shape index (κ2) is 12.5. The van der Waals surface area contributed by atoms with E-state index in [1.807, 2.05) is 86.7 Å². The van der Waals surface area contributed by atoms with Gasteiger partial charge in [0.05, 0.1) is 53.9 Å². The van der Waals surface area contributed by atoms with Crippen LogP contribution in [0.1, 0.15) is 68.5 Å². The Morgan fingerprint density at radius 2 is 0.958 bits per heavy atom. The van der Waals surface area contributed by atoms with Crippen molar-refractivity contribution in [1.29, 1.82) is 0 Å². The third-order valence-electron chi connectivity index (χ3n) is 8.61. The van der Waals surface area contributed by atoms with Crippen molar-refractivity contribution in [2.75, 3.05) is 0 Å². The normalized spacial score (nSPS) is 12.1. The van der Waals surface area contributed by atoms with E-state index in [2.05, 4.69) is 41.8 Å². The minimum Gasteiger partial charge on any atom is -0.478 e. The molecule has 3 aromatic heterocycles.